The maximum Gasteiger partial charge on any atom is 0.268 e. The first-order valence-corrected chi connectivity index (χ1v) is 4.61. The Morgan fingerprint density at radius 3 is 2.33 bits per heavy atom. The molecule has 0 bridgehead atoms. The Balaban J connectivity index is 2.31. The second-order valence-electron chi connectivity index (χ2n) is 3.03. The summed E-state index contributed by atoms with van der Waals surface area (Å²) < 4.78 is 0.760. The van der Waals surface area contributed by atoms with E-state index in [1.807, 2.05) is 30.3 Å². The first kappa shape index (κ1) is 9.29. The van der Waals surface area contributed by atoms with Crippen LogP contribution in [0.15, 0.2) is 54.7 Å². The SMILES string of the molecule is [O-][n+]1ccccc1C#Cc1ccccc1. The van der Waals surface area contributed by atoms with E-state index in [-0.39, 0.29) is 0 Å². The number of benzene rings is 1. The van der Waals surface area contributed by atoms with Crippen LogP contribution in [-0.2, 0) is 0 Å². The van der Waals surface area contributed by atoms with Gasteiger partial charge in [0.1, 0.15) is 0 Å². The molecule has 1 aromatic heterocycles. The standard InChI is InChI=1S/C13H9NO/c15-14-11-5-4-8-13(14)10-9-12-6-2-1-3-7-12/h1-8,11H. The summed E-state index contributed by atoms with van der Waals surface area (Å²) in [5.74, 6) is 5.76. The average Bonchev–Trinajstić information content (AvgIpc) is 2.29. The van der Waals surface area contributed by atoms with E-state index in [9.17, 15) is 5.21 Å². The lowest BCUT2D eigenvalue weighted by molar-refractivity contribution is -0.608. The van der Waals surface area contributed by atoms with Gasteiger partial charge < -0.3 is 5.21 Å². The highest BCUT2D eigenvalue weighted by Crippen LogP contribution is 1.96. The second-order valence-corrected chi connectivity index (χ2v) is 3.03. The molecule has 0 aliphatic rings. The maximum atomic E-state index is 11.3. The van der Waals surface area contributed by atoms with Gasteiger partial charge in [0, 0.05) is 23.6 Å². The fourth-order valence-electron chi connectivity index (χ4n) is 1.18. The Morgan fingerprint density at radius 2 is 1.60 bits per heavy atom. The third-order valence-corrected chi connectivity index (χ3v) is 1.93. The van der Waals surface area contributed by atoms with Gasteiger partial charge in [-0.1, -0.05) is 24.1 Å². The van der Waals surface area contributed by atoms with Gasteiger partial charge in [-0.05, 0) is 18.2 Å². The molecule has 72 valence electrons. The molecule has 2 heteroatoms. The van der Waals surface area contributed by atoms with Crippen molar-refractivity contribution in [2.75, 3.05) is 0 Å². The minimum atomic E-state index is 0.460. The van der Waals surface area contributed by atoms with Crippen molar-refractivity contribution in [3.63, 3.8) is 0 Å². The highest BCUT2D eigenvalue weighted by Gasteiger charge is 1.96. The predicted octanol–water partition coefficient (Wildman–Crippen LogP) is 1.72. The van der Waals surface area contributed by atoms with Gasteiger partial charge in [0.15, 0.2) is 6.20 Å². The molecule has 0 atom stereocenters. The van der Waals surface area contributed by atoms with Crippen LogP contribution in [0.4, 0.5) is 0 Å². The molecule has 0 radical (unpaired) electrons. The van der Waals surface area contributed by atoms with Crippen LogP contribution in [0.25, 0.3) is 0 Å². The molecule has 0 aliphatic heterocycles. The summed E-state index contributed by atoms with van der Waals surface area (Å²) in [4.78, 5) is 0. The molecule has 0 unspecified atom stereocenters. The van der Waals surface area contributed by atoms with Gasteiger partial charge in [0.05, 0.1) is 0 Å². The molecular formula is C13H9NO. The normalized spacial score (nSPS) is 9.07. The minimum Gasteiger partial charge on any atom is -0.618 e. The molecule has 0 fully saturated rings. The Kier molecular flexibility index (Phi) is 2.66. The quantitative estimate of drug-likeness (QED) is 0.357. The lowest BCUT2D eigenvalue weighted by atomic mass is 10.2. The third-order valence-electron chi connectivity index (χ3n) is 1.93. The van der Waals surface area contributed by atoms with Gasteiger partial charge in [-0.2, -0.15) is 4.73 Å². The van der Waals surface area contributed by atoms with Crippen molar-refractivity contribution in [1.82, 2.24) is 0 Å². The van der Waals surface area contributed by atoms with Gasteiger partial charge >= 0.3 is 0 Å². The second kappa shape index (κ2) is 4.30. The van der Waals surface area contributed by atoms with Crippen LogP contribution >= 0.6 is 0 Å². The van der Waals surface area contributed by atoms with Crippen LogP contribution in [0.5, 0.6) is 0 Å². The van der Waals surface area contributed by atoms with Crippen molar-refractivity contribution in [3.8, 4) is 11.8 Å². The summed E-state index contributed by atoms with van der Waals surface area (Å²) in [5.41, 5.74) is 1.36. The van der Waals surface area contributed by atoms with Crippen LogP contribution in [-0.4, -0.2) is 0 Å². The van der Waals surface area contributed by atoms with E-state index in [1.54, 1.807) is 18.2 Å². The number of hydrogen-bond donors (Lipinski definition) is 0. The molecule has 0 aliphatic carbocycles. The summed E-state index contributed by atoms with van der Waals surface area (Å²) in [6.45, 7) is 0. The van der Waals surface area contributed by atoms with Crippen molar-refractivity contribution in [1.29, 1.82) is 0 Å². The molecule has 2 rings (SSSR count). The fraction of sp³-hybridized carbons (Fsp3) is 0. The molecule has 1 heterocycles. The lowest BCUT2D eigenvalue weighted by Gasteiger charge is -1.95. The molecule has 15 heavy (non-hydrogen) atoms. The first-order chi connectivity index (χ1) is 7.36. The summed E-state index contributed by atoms with van der Waals surface area (Å²) in [6, 6.07) is 14.8. The predicted molar refractivity (Wildman–Crippen MR) is 57.8 cm³/mol. The Hall–Kier alpha value is -2.27. The van der Waals surface area contributed by atoms with Gasteiger partial charge in [0.25, 0.3) is 5.69 Å². The minimum absolute atomic E-state index is 0.460. The Morgan fingerprint density at radius 1 is 0.867 bits per heavy atom. The zero-order valence-electron chi connectivity index (χ0n) is 8.05. The van der Waals surface area contributed by atoms with Crippen molar-refractivity contribution in [2.24, 2.45) is 0 Å². The zero-order chi connectivity index (χ0) is 10.5. The Bertz CT molecular complexity index is 509. The molecule has 0 saturated heterocycles. The number of rotatable bonds is 0. The van der Waals surface area contributed by atoms with Gasteiger partial charge in [-0.3, -0.25) is 0 Å². The third kappa shape index (κ3) is 2.35. The molecular weight excluding hydrogens is 186 g/mol. The van der Waals surface area contributed by atoms with Crippen LogP contribution in [0, 0.1) is 17.0 Å². The van der Waals surface area contributed by atoms with E-state index in [2.05, 4.69) is 11.8 Å². The number of pyridine rings is 1. The van der Waals surface area contributed by atoms with E-state index in [0.29, 0.717) is 5.69 Å². The molecule has 1 aromatic carbocycles. The van der Waals surface area contributed by atoms with E-state index < -0.39 is 0 Å². The Labute approximate surface area is 88.4 Å². The van der Waals surface area contributed by atoms with Crippen molar-refractivity contribution in [3.05, 3.63) is 71.2 Å². The number of hydrogen-bond acceptors (Lipinski definition) is 1. The lowest BCUT2D eigenvalue weighted by Crippen LogP contribution is -2.29. The van der Waals surface area contributed by atoms with Gasteiger partial charge in [-0.15, -0.1) is 0 Å². The van der Waals surface area contributed by atoms with E-state index in [0.717, 1.165) is 10.3 Å². The highest BCUT2D eigenvalue weighted by molar-refractivity contribution is 5.38. The van der Waals surface area contributed by atoms with Crippen molar-refractivity contribution < 1.29 is 4.73 Å². The smallest absolute Gasteiger partial charge is 0.268 e. The first-order valence-electron chi connectivity index (χ1n) is 4.61. The summed E-state index contributed by atoms with van der Waals surface area (Å²) >= 11 is 0. The van der Waals surface area contributed by atoms with E-state index in [4.69, 9.17) is 0 Å². The van der Waals surface area contributed by atoms with Crippen LogP contribution in [0.3, 0.4) is 0 Å². The van der Waals surface area contributed by atoms with Crippen LogP contribution in [0.2, 0.25) is 0 Å². The number of nitrogens with zero attached hydrogens (tertiary/aromatic N) is 1. The average molecular weight is 195 g/mol. The summed E-state index contributed by atoms with van der Waals surface area (Å²) in [7, 11) is 0. The summed E-state index contributed by atoms with van der Waals surface area (Å²) in [5, 5.41) is 11.3. The molecule has 0 spiro atoms. The van der Waals surface area contributed by atoms with Crippen LogP contribution < -0.4 is 4.73 Å². The molecule has 2 nitrogen and oxygen atoms in total. The van der Waals surface area contributed by atoms with Gasteiger partial charge in [0.2, 0.25) is 0 Å². The largest absolute Gasteiger partial charge is 0.618 e. The van der Waals surface area contributed by atoms with E-state index >= 15 is 0 Å². The van der Waals surface area contributed by atoms with E-state index in [1.165, 1.54) is 6.20 Å². The molecule has 2 aromatic rings. The molecule has 0 amide bonds. The molecule has 0 saturated carbocycles. The number of aromatic nitrogens is 1. The maximum absolute atomic E-state index is 11.3. The van der Waals surface area contributed by atoms with Crippen LogP contribution in [0.1, 0.15) is 11.3 Å². The molecule has 0 N–H and O–H groups in total. The van der Waals surface area contributed by atoms with Gasteiger partial charge in [-0.25, -0.2) is 0 Å². The van der Waals surface area contributed by atoms with Crippen molar-refractivity contribution in [2.45, 2.75) is 0 Å². The topological polar surface area (TPSA) is 26.9 Å². The zero-order valence-corrected chi connectivity index (χ0v) is 8.05. The van der Waals surface area contributed by atoms with Crippen molar-refractivity contribution >= 4 is 0 Å². The monoisotopic (exact) mass is 195 g/mol. The highest BCUT2D eigenvalue weighted by atomic mass is 16.5. The summed E-state index contributed by atoms with van der Waals surface area (Å²) in [6.07, 6.45) is 1.44. The fourth-order valence-corrected chi connectivity index (χ4v) is 1.18.